The molecule has 1 unspecified atom stereocenters. The van der Waals surface area contributed by atoms with E-state index in [-0.39, 0.29) is 35.7 Å². The van der Waals surface area contributed by atoms with Gasteiger partial charge in [-0.1, -0.05) is 6.07 Å². The Balaban J connectivity index is 0.00000200. The fraction of sp³-hybridized carbons (Fsp3) is 0.500. The van der Waals surface area contributed by atoms with Crippen LogP contribution in [0.25, 0.3) is 0 Å². The number of rotatable bonds is 3. The molecule has 0 aromatic heterocycles. The number of likely N-dealkylation sites (N-methyl/N-ethyl adjacent to an activating group) is 1. The molecule has 1 amide bonds. The maximum Gasteiger partial charge on any atom is 0.260 e. The van der Waals surface area contributed by atoms with Gasteiger partial charge in [-0.2, -0.15) is 0 Å². The number of nitrogens with zero attached hydrogens (tertiary/aromatic N) is 1. The van der Waals surface area contributed by atoms with Crippen molar-refractivity contribution >= 4 is 18.3 Å². The van der Waals surface area contributed by atoms with E-state index < -0.39 is 5.82 Å². The Bertz CT molecular complexity index is 470. The summed E-state index contributed by atoms with van der Waals surface area (Å²) in [4.78, 5) is 14.1. The van der Waals surface area contributed by atoms with Crippen molar-refractivity contribution in [2.75, 3.05) is 27.2 Å². The molecule has 0 spiro atoms. The van der Waals surface area contributed by atoms with Gasteiger partial charge in [0, 0.05) is 19.1 Å². The third-order valence-corrected chi connectivity index (χ3v) is 3.53. The monoisotopic (exact) mass is 302 g/mol. The van der Waals surface area contributed by atoms with Crippen LogP contribution in [0.4, 0.5) is 4.39 Å². The van der Waals surface area contributed by atoms with Crippen molar-refractivity contribution in [1.29, 1.82) is 0 Å². The van der Waals surface area contributed by atoms with Gasteiger partial charge in [0.2, 0.25) is 0 Å². The van der Waals surface area contributed by atoms with Crippen molar-refractivity contribution in [3.63, 3.8) is 0 Å². The lowest BCUT2D eigenvalue weighted by Crippen LogP contribution is -2.47. The number of benzene rings is 1. The van der Waals surface area contributed by atoms with Gasteiger partial charge in [-0.05, 0) is 32.0 Å². The molecule has 6 heteroatoms. The van der Waals surface area contributed by atoms with Crippen LogP contribution in [0.2, 0.25) is 0 Å². The number of ether oxygens (including phenoxy) is 1. The largest absolute Gasteiger partial charge is 0.496 e. The highest BCUT2D eigenvalue weighted by molar-refractivity contribution is 5.97. The smallest absolute Gasteiger partial charge is 0.260 e. The summed E-state index contributed by atoms with van der Waals surface area (Å²) < 4.78 is 19.0. The van der Waals surface area contributed by atoms with Gasteiger partial charge in [0.1, 0.15) is 17.1 Å². The number of amides is 1. The first-order valence-electron chi connectivity index (χ1n) is 6.46. The first-order valence-corrected chi connectivity index (χ1v) is 6.46. The van der Waals surface area contributed by atoms with E-state index in [4.69, 9.17) is 4.74 Å². The van der Waals surface area contributed by atoms with E-state index in [1.165, 1.54) is 19.2 Å². The predicted octanol–water partition coefficient (Wildman–Crippen LogP) is 2.08. The Morgan fingerprint density at radius 2 is 2.25 bits per heavy atom. The van der Waals surface area contributed by atoms with Crippen molar-refractivity contribution in [2.24, 2.45) is 0 Å². The molecule has 1 aliphatic rings. The second-order valence-electron chi connectivity index (χ2n) is 4.70. The molecular formula is C14H20ClFN2O2. The van der Waals surface area contributed by atoms with Gasteiger partial charge in [0.25, 0.3) is 5.91 Å². The Labute approximate surface area is 124 Å². The number of halogens is 2. The summed E-state index contributed by atoms with van der Waals surface area (Å²) in [6, 6.07) is 4.71. The van der Waals surface area contributed by atoms with E-state index in [1.807, 2.05) is 7.05 Å². The van der Waals surface area contributed by atoms with Gasteiger partial charge in [0.05, 0.1) is 7.11 Å². The van der Waals surface area contributed by atoms with Crippen LogP contribution in [0.3, 0.4) is 0 Å². The van der Waals surface area contributed by atoms with E-state index >= 15 is 0 Å². The van der Waals surface area contributed by atoms with E-state index in [2.05, 4.69) is 5.32 Å². The van der Waals surface area contributed by atoms with Crippen LogP contribution < -0.4 is 10.1 Å². The topological polar surface area (TPSA) is 41.6 Å². The van der Waals surface area contributed by atoms with Crippen LogP contribution in [0.15, 0.2) is 18.2 Å². The van der Waals surface area contributed by atoms with Gasteiger partial charge in [-0.3, -0.25) is 4.79 Å². The summed E-state index contributed by atoms with van der Waals surface area (Å²) in [5.74, 6) is -0.539. The number of carbonyl (C=O) groups is 1. The van der Waals surface area contributed by atoms with Crippen molar-refractivity contribution in [1.82, 2.24) is 10.2 Å². The molecule has 1 aromatic carbocycles. The van der Waals surface area contributed by atoms with Crippen LogP contribution in [-0.2, 0) is 0 Å². The molecule has 0 aliphatic carbocycles. The maximum absolute atomic E-state index is 13.9. The highest BCUT2D eigenvalue weighted by Gasteiger charge is 2.27. The predicted molar refractivity (Wildman–Crippen MR) is 78.2 cm³/mol. The van der Waals surface area contributed by atoms with Crippen LogP contribution in [0.1, 0.15) is 23.2 Å². The van der Waals surface area contributed by atoms with Crippen LogP contribution in [0.5, 0.6) is 5.75 Å². The second kappa shape index (κ2) is 7.45. The number of hydrogen-bond donors (Lipinski definition) is 1. The van der Waals surface area contributed by atoms with Crippen molar-refractivity contribution in [3.05, 3.63) is 29.6 Å². The number of likely N-dealkylation sites (tertiary alicyclic amines) is 1. The zero-order valence-corrected chi connectivity index (χ0v) is 12.5. The molecule has 1 heterocycles. The van der Waals surface area contributed by atoms with Crippen LogP contribution >= 0.6 is 12.4 Å². The highest BCUT2D eigenvalue weighted by atomic mass is 35.5. The number of carbonyl (C=O) groups excluding carboxylic acids is 1. The summed E-state index contributed by atoms with van der Waals surface area (Å²) in [6.07, 6.45) is 1.96. The minimum absolute atomic E-state index is 0. The van der Waals surface area contributed by atoms with Crippen molar-refractivity contribution < 1.29 is 13.9 Å². The maximum atomic E-state index is 13.9. The van der Waals surface area contributed by atoms with Gasteiger partial charge in [-0.15, -0.1) is 12.4 Å². The van der Waals surface area contributed by atoms with Crippen molar-refractivity contribution in [3.8, 4) is 5.75 Å². The van der Waals surface area contributed by atoms with E-state index in [9.17, 15) is 9.18 Å². The first-order chi connectivity index (χ1) is 9.17. The fourth-order valence-corrected chi connectivity index (χ4v) is 2.44. The fourth-order valence-electron chi connectivity index (χ4n) is 2.44. The van der Waals surface area contributed by atoms with Gasteiger partial charge in [-0.25, -0.2) is 4.39 Å². The van der Waals surface area contributed by atoms with E-state index in [0.29, 0.717) is 13.1 Å². The average molecular weight is 303 g/mol. The Morgan fingerprint density at radius 1 is 1.50 bits per heavy atom. The third kappa shape index (κ3) is 3.41. The van der Waals surface area contributed by atoms with Gasteiger partial charge in [0.15, 0.2) is 0 Å². The molecule has 1 aromatic rings. The normalized spacial score (nSPS) is 18.4. The molecule has 4 nitrogen and oxygen atoms in total. The minimum Gasteiger partial charge on any atom is -0.496 e. The SMILES string of the molecule is CNC1CCCN(C(=O)c2c(F)cccc2OC)C1.Cl. The molecule has 0 saturated carbocycles. The molecular weight excluding hydrogens is 283 g/mol. The molecule has 20 heavy (non-hydrogen) atoms. The Kier molecular flexibility index (Phi) is 6.23. The number of hydrogen-bond acceptors (Lipinski definition) is 3. The molecule has 0 radical (unpaired) electrons. The zero-order chi connectivity index (χ0) is 13.8. The summed E-state index contributed by atoms with van der Waals surface area (Å²) >= 11 is 0. The molecule has 112 valence electrons. The standard InChI is InChI=1S/C14H19FN2O2.ClH/c1-16-10-5-4-8-17(9-10)14(18)13-11(15)6-3-7-12(13)19-2;/h3,6-7,10,16H,4-5,8-9H2,1-2H3;1H. The Hall–Kier alpha value is -1.33. The second-order valence-corrected chi connectivity index (χ2v) is 4.70. The summed E-state index contributed by atoms with van der Waals surface area (Å²) in [5.41, 5.74) is 0.0294. The van der Waals surface area contributed by atoms with E-state index in [0.717, 1.165) is 12.8 Å². The molecule has 1 saturated heterocycles. The lowest BCUT2D eigenvalue weighted by atomic mass is 10.0. The van der Waals surface area contributed by atoms with Gasteiger partial charge >= 0.3 is 0 Å². The highest BCUT2D eigenvalue weighted by Crippen LogP contribution is 2.24. The molecule has 1 atom stereocenters. The number of methoxy groups -OCH3 is 1. The summed E-state index contributed by atoms with van der Waals surface area (Å²) in [7, 11) is 3.32. The molecule has 0 bridgehead atoms. The molecule has 1 aliphatic heterocycles. The number of nitrogens with one attached hydrogen (secondary N) is 1. The summed E-state index contributed by atoms with van der Waals surface area (Å²) in [6.45, 7) is 1.27. The minimum atomic E-state index is -0.532. The average Bonchev–Trinajstić information content (AvgIpc) is 2.46. The molecule has 1 N–H and O–H groups in total. The number of piperidine rings is 1. The first kappa shape index (κ1) is 16.7. The van der Waals surface area contributed by atoms with Crippen LogP contribution in [0, 0.1) is 5.82 Å². The quantitative estimate of drug-likeness (QED) is 0.929. The molecule has 1 fully saturated rings. The summed E-state index contributed by atoms with van der Waals surface area (Å²) in [5, 5.41) is 3.16. The lowest BCUT2D eigenvalue weighted by Gasteiger charge is -2.32. The van der Waals surface area contributed by atoms with Crippen LogP contribution in [-0.4, -0.2) is 44.1 Å². The molecule has 2 rings (SSSR count). The van der Waals surface area contributed by atoms with E-state index in [1.54, 1.807) is 11.0 Å². The van der Waals surface area contributed by atoms with Gasteiger partial charge < -0.3 is 15.0 Å². The van der Waals surface area contributed by atoms with Crippen molar-refractivity contribution in [2.45, 2.75) is 18.9 Å². The zero-order valence-electron chi connectivity index (χ0n) is 11.7. The lowest BCUT2D eigenvalue weighted by molar-refractivity contribution is 0.0690. The Morgan fingerprint density at radius 3 is 2.90 bits per heavy atom. The third-order valence-electron chi connectivity index (χ3n) is 3.53.